The first-order chi connectivity index (χ1) is 8.75. The van der Waals surface area contributed by atoms with E-state index in [0.717, 1.165) is 15.6 Å². The fraction of sp³-hybridized carbons (Fsp3) is 0.615. The molecule has 1 aromatic heterocycles. The minimum Gasteiger partial charge on any atom is -0.481 e. The fourth-order valence-electron chi connectivity index (χ4n) is 2.48. The molecule has 1 amide bonds. The van der Waals surface area contributed by atoms with Gasteiger partial charge < -0.3 is 10.4 Å². The molecule has 0 radical (unpaired) electrons. The molecule has 1 saturated carbocycles. The molecule has 0 saturated heterocycles. The zero-order valence-corrected chi connectivity index (χ0v) is 12.3. The van der Waals surface area contributed by atoms with E-state index in [0.29, 0.717) is 6.54 Å². The molecule has 1 aliphatic rings. The number of nitrogens with zero attached hydrogens (tertiary/aromatic N) is 1. The van der Waals surface area contributed by atoms with Crippen molar-refractivity contribution in [3.63, 3.8) is 0 Å². The lowest BCUT2D eigenvalue weighted by atomic mass is 10.1. The number of carboxylic acids is 1. The molecule has 0 unspecified atom stereocenters. The number of carbonyl (C=O) groups is 2. The summed E-state index contributed by atoms with van der Waals surface area (Å²) in [6.45, 7) is 7.92. The Kier molecular flexibility index (Phi) is 3.38. The summed E-state index contributed by atoms with van der Waals surface area (Å²) in [5, 5.41) is 12.7. The van der Waals surface area contributed by atoms with E-state index in [1.165, 1.54) is 0 Å². The summed E-state index contributed by atoms with van der Waals surface area (Å²) in [7, 11) is 0. The number of aryl methyl sites for hydroxylation is 2. The Bertz CT molecular complexity index is 516. The molecule has 0 spiro atoms. The summed E-state index contributed by atoms with van der Waals surface area (Å²) in [5.41, 5.74) is 0.523. The van der Waals surface area contributed by atoms with Gasteiger partial charge in [0.2, 0.25) is 5.91 Å². The van der Waals surface area contributed by atoms with Gasteiger partial charge in [0.05, 0.1) is 24.1 Å². The Labute approximate surface area is 116 Å². The van der Waals surface area contributed by atoms with Crippen molar-refractivity contribution in [3.05, 3.63) is 15.6 Å². The van der Waals surface area contributed by atoms with Crippen molar-refractivity contribution in [1.29, 1.82) is 0 Å². The predicted molar refractivity (Wildman–Crippen MR) is 71.8 cm³/mol. The number of amides is 1. The second-order valence-corrected chi connectivity index (χ2v) is 6.87. The van der Waals surface area contributed by atoms with Crippen LogP contribution in [0.4, 0.5) is 0 Å². The highest BCUT2D eigenvalue weighted by Crippen LogP contribution is 2.58. The SMILES string of the molecule is Cc1nc(CNC(=O)[C@@H]2[C@H](C(=O)O)C2(C)C)sc1C. The molecule has 1 aliphatic carbocycles. The minimum atomic E-state index is -0.897. The maximum Gasteiger partial charge on any atom is 0.307 e. The molecule has 5 nitrogen and oxygen atoms in total. The van der Waals surface area contributed by atoms with Gasteiger partial charge in [-0.1, -0.05) is 13.8 Å². The molecule has 0 aliphatic heterocycles. The number of nitrogens with one attached hydrogen (secondary N) is 1. The van der Waals surface area contributed by atoms with Gasteiger partial charge in [-0.2, -0.15) is 0 Å². The maximum absolute atomic E-state index is 12.0. The third kappa shape index (κ3) is 2.49. The fourth-order valence-corrected chi connectivity index (χ4v) is 3.35. The zero-order chi connectivity index (χ0) is 14.4. The van der Waals surface area contributed by atoms with Gasteiger partial charge in [0.15, 0.2) is 0 Å². The van der Waals surface area contributed by atoms with E-state index in [4.69, 9.17) is 5.11 Å². The van der Waals surface area contributed by atoms with Gasteiger partial charge in [-0.15, -0.1) is 11.3 Å². The van der Waals surface area contributed by atoms with Crippen LogP contribution in [0.5, 0.6) is 0 Å². The average molecular weight is 282 g/mol. The van der Waals surface area contributed by atoms with Crippen LogP contribution in [0.15, 0.2) is 0 Å². The van der Waals surface area contributed by atoms with Crippen molar-refractivity contribution in [1.82, 2.24) is 10.3 Å². The van der Waals surface area contributed by atoms with Crippen molar-refractivity contribution in [3.8, 4) is 0 Å². The molecule has 1 heterocycles. The van der Waals surface area contributed by atoms with Gasteiger partial charge in [-0.05, 0) is 19.3 Å². The second-order valence-electron chi connectivity index (χ2n) is 5.58. The van der Waals surface area contributed by atoms with Crippen LogP contribution in [0.3, 0.4) is 0 Å². The lowest BCUT2D eigenvalue weighted by molar-refractivity contribution is -0.140. The topological polar surface area (TPSA) is 79.3 Å². The molecular formula is C13H18N2O3S. The van der Waals surface area contributed by atoms with Crippen molar-refractivity contribution in [2.75, 3.05) is 0 Å². The molecule has 104 valence electrons. The molecule has 2 atom stereocenters. The first kappa shape index (κ1) is 14.0. The van der Waals surface area contributed by atoms with Gasteiger partial charge in [-0.3, -0.25) is 9.59 Å². The molecular weight excluding hydrogens is 264 g/mol. The van der Waals surface area contributed by atoms with Crippen molar-refractivity contribution in [2.24, 2.45) is 17.3 Å². The summed E-state index contributed by atoms with van der Waals surface area (Å²) in [4.78, 5) is 28.5. The van der Waals surface area contributed by atoms with E-state index in [9.17, 15) is 9.59 Å². The van der Waals surface area contributed by atoms with E-state index >= 15 is 0 Å². The number of aromatic nitrogens is 1. The highest BCUT2D eigenvalue weighted by molar-refractivity contribution is 7.11. The van der Waals surface area contributed by atoms with Gasteiger partial charge in [0.25, 0.3) is 0 Å². The first-order valence-electron chi connectivity index (χ1n) is 6.18. The van der Waals surface area contributed by atoms with Crippen molar-refractivity contribution >= 4 is 23.2 Å². The molecule has 0 bridgehead atoms. The predicted octanol–water partition coefficient (Wildman–Crippen LogP) is 1.73. The number of hydrogen-bond acceptors (Lipinski definition) is 4. The molecule has 6 heteroatoms. The van der Waals surface area contributed by atoms with Gasteiger partial charge >= 0.3 is 5.97 Å². The quantitative estimate of drug-likeness (QED) is 0.881. The number of carbonyl (C=O) groups excluding carboxylic acids is 1. The van der Waals surface area contributed by atoms with Crippen LogP contribution in [0.2, 0.25) is 0 Å². The smallest absolute Gasteiger partial charge is 0.307 e. The summed E-state index contributed by atoms with van der Waals surface area (Å²) < 4.78 is 0. The molecule has 19 heavy (non-hydrogen) atoms. The van der Waals surface area contributed by atoms with Crippen molar-refractivity contribution < 1.29 is 14.7 Å². The van der Waals surface area contributed by atoms with Crippen LogP contribution in [0, 0.1) is 31.1 Å². The van der Waals surface area contributed by atoms with E-state index in [-0.39, 0.29) is 5.91 Å². The molecule has 2 N–H and O–H groups in total. The third-order valence-corrected chi connectivity index (χ3v) is 4.94. The molecule has 0 aromatic carbocycles. The van der Waals surface area contributed by atoms with Crippen molar-refractivity contribution in [2.45, 2.75) is 34.2 Å². The Hall–Kier alpha value is -1.43. The molecule has 1 aromatic rings. The highest BCUT2D eigenvalue weighted by atomic mass is 32.1. The number of rotatable bonds is 4. The van der Waals surface area contributed by atoms with Crippen LogP contribution in [0.1, 0.15) is 29.4 Å². The first-order valence-corrected chi connectivity index (χ1v) is 7.00. The van der Waals surface area contributed by atoms with E-state index < -0.39 is 23.2 Å². The van der Waals surface area contributed by atoms with Gasteiger partial charge in [0, 0.05) is 4.88 Å². The Balaban J connectivity index is 1.94. The van der Waals surface area contributed by atoms with Crippen LogP contribution >= 0.6 is 11.3 Å². The second kappa shape index (κ2) is 4.59. The summed E-state index contributed by atoms with van der Waals surface area (Å²) >= 11 is 1.55. The maximum atomic E-state index is 12.0. The summed E-state index contributed by atoms with van der Waals surface area (Å²) in [5.74, 6) is -2.10. The standard InChI is InChI=1S/C13H18N2O3S/c1-6-7(2)19-8(15-6)5-14-11(16)9-10(12(17)18)13(9,3)4/h9-10H,5H2,1-4H3,(H,14,16)(H,17,18)/t9-,10+/m0/s1. The van der Waals surface area contributed by atoms with Crippen LogP contribution in [-0.2, 0) is 16.1 Å². The Morgan fingerprint density at radius 2 is 2.00 bits per heavy atom. The normalized spacial score (nSPS) is 24.0. The third-order valence-electron chi connectivity index (χ3n) is 3.86. The number of thiazole rings is 1. The zero-order valence-electron chi connectivity index (χ0n) is 11.5. The number of carboxylic acid groups (broad SMARTS) is 1. The Morgan fingerprint density at radius 3 is 2.42 bits per heavy atom. The highest BCUT2D eigenvalue weighted by Gasteiger charge is 2.65. The largest absolute Gasteiger partial charge is 0.481 e. The Morgan fingerprint density at radius 1 is 1.37 bits per heavy atom. The molecule has 2 rings (SSSR count). The van der Waals surface area contributed by atoms with Crippen LogP contribution in [0.25, 0.3) is 0 Å². The lowest BCUT2D eigenvalue weighted by Gasteiger charge is -2.03. The lowest BCUT2D eigenvalue weighted by Crippen LogP contribution is -2.26. The molecule has 1 fully saturated rings. The van der Waals surface area contributed by atoms with Crippen LogP contribution in [-0.4, -0.2) is 22.0 Å². The van der Waals surface area contributed by atoms with E-state index in [1.54, 1.807) is 11.3 Å². The average Bonchev–Trinajstić information content (AvgIpc) is 2.74. The monoisotopic (exact) mass is 282 g/mol. The summed E-state index contributed by atoms with van der Waals surface area (Å²) in [6, 6.07) is 0. The number of aliphatic carboxylic acids is 1. The van der Waals surface area contributed by atoms with Crippen LogP contribution < -0.4 is 5.32 Å². The number of hydrogen-bond donors (Lipinski definition) is 2. The van der Waals surface area contributed by atoms with Gasteiger partial charge in [0.1, 0.15) is 5.01 Å². The van der Waals surface area contributed by atoms with E-state index in [1.807, 2.05) is 27.7 Å². The minimum absolute atomic E-state index is 0.192. The van der Waals surface area contributed by atoms with Gasteiger partial charge in [-0.25, -0.2) is 4.98 Å². The van der Waals surface area contributed by atoms with E-state index in [2.05, 4.69) is 10.3 Å². The summed E-state index contributed by atoms with van der Waals surface area (Å²) in [6.07, 6.45) is 0.